The molecular weight excluding hydrogens is 310 g/mol. The van der Waals surface area contributed by atoms with E-state index in [0.717, 1.165) is 5.56 Å². The number of anilines is 1. The highest BCUT2D eigenvalue weighted by molar-refractivity contribution is 5.90. The Morgan fingerprint density at radius 3 is 2.50 bits per heavy atom. The van der Waals surface area contributed by atoms with Crippen LogP contribution in [0.3, 0.4) is 0 Å². The summed E-state index contributed by atoms with van der Waals surface area (Å²) >= 11 is 0. The predicted molar refractivity (Wildman–Crippen MR) is 91.4 cm³/mol. The van der Waals surface area contributed by atoms with E-state index in [2.05, 4.69) is 5.32 Å². The molecule has 0 fully saturated rings. The molecule has 0 bridgehead atoms. The monoisotopic (exact) mass is 329 g/mol. The number of rotatable bonds is 6. The lowest BCUT2D eigenvalue weighted by atomic mass is 10.1. The maximum absolute atomic E-state index is 12.2. The second-order valence-electron chi connectivity index (χ2n) is 5.23. The number of nitrogens with zero attached hydrogens (tertiary/aromatic N) is 2. The molecule has 2 aromatic rings. The van der Waals surface area contributed by atoms with E-state index in [-0.39, 0.29) is 11.7 Å². The van der Waals surface area contributed by atoms with Crippen LogP contribution in [0, 0.1) is 10.1 Å². The van der Waals surface area contributed by atoms with Crippen LogP contribution in [0.2, 0.25) is 0 Å². The van der Waals surface area contributed by atoms with Crippen LogP contribution >= 0.6 is 0 Å². The molecule has 7 nitrogen and oxygen atoms in total. The van der Waals surface area contributed by atoms with Crippen LogP contribution < -0.4 is 10.1 Å². The van der Waals surface area contributed by atoms with Gasteiger partial charge in [-0.15, -0.1) is 0 Å². The molecule has 0 aliphatic rings. The Morgan fingerprint density at radius 2 is 1.88 bits per heavy atom. The summed E-state index contributed by atoms with van der Waals surface area (Å²) in [5.74, 6) is 0.592. The number of urea groups is 1. The molecule has 1 N–H and O–H groups in total. The Hall–Kier alpha value is -3.09. The van der Waals surface area contributed by atoms with Crippen LogP contribution in [-0.2, 0) is 6.42 Å². The van der Waals surface area contributed by atoms with Crippen LogP contribution in [0.15, 0.2) is 48.5 Å². The van der Waals surface area contributed by atoms with Gasteiger partial charge < -0.3 is 15.0 Å². The van der Waals surface area contributed by atoms with Crippen molar-refractivity contribution in [2.75, 3.05) is 26.0 Å². The number of carbonyl (C=O) groups is 1. The molecule has 2 amide bonds. The van der Waals surface area contributed by atoms with Gasteiger partial charge in [0.1, 0.15) is 5.75 Å². The summed E-state index contributed by atoms with van der Waals surface area (Å²) in [6.45, 7) is 0.485. The first-order chi connectivity index (χ1) is 11.5. The van der Waals surface area contributed by atoms with Crippen LogP contribution in [0.4, 0.5) is 16.2 Å². The normalized spacial score (nSPS) is 10.1. The zero-order valence-corrected chi connectivity index (χ0v) is 13.6. The summed E-state index contributed by atoms with van der Waals surface area (Å²) in [5, 5.41) is 13.4. The van der Waals surface area contributed by atoms with E-state index < -0.39 is 4.92 Å². The zero-order chi connectivity index (χ0) is 17.5. The number of para-hydroxylation sites is 2. The highest BCUT2D eigenvalue weighted by Crippen LogP contribution is 2.23. The fourth-order valence-corrected chi connectivity index (χ4v) is 2.14. The third-order valence-electron chi connectivity index (χ3n) is 3.58. The fraction of sp³-hybridized carbons (Fsp3) is 0.235. The first-order valence-corrected chi connectivity index (χ1v) is 7.39. The summed E-state index contributed by atoms with van der Waals surface area (Å²) in [4.78, 5) is 24.0. The van der Waals surface area contributed by atoms with E-state index >= 15 is 0 Å². The maximum Gasteiger partial charge on any atom is 0.321 e. The first kappa shape index (κ1) is 17.3. The van der Waals surface area contributed by atoms with Gasteiger partial charge in [-0.1, -0.05) is 24.3 Å². The minimum Gasteiger partial charge on any atom is -0.495 e. The van der Waals surface area contributed by atoms with Crippen LogP contribution in [-0.4, -0.2) is 36.6 Å². The van der Waals surface area contributed by atoms with Gasteiger partial charge >= 0.3 is 6.03 Å². The molecule has 0 aliphatic carbocycles. The molecule has 7 heteroatoms. The number of nitro groups is 1. The van der Waals surface area contributed by atoms with Gasteiger partial charge in [0.2, 0.25) is 0 Å². The van der Waals surface area contributed by atoms with Gasteiger partial charge in [0.05, 0.1) is 17.7 Å². The van der Waals surface area contributed by atoms with E-state index in [1.807, 2.05) is 12.1 Å². The van der Waals surface area contributed by atoms with Gasteiger partial charge in [0.15, 0.2) is 0 Å². The van der Waals surface area contributed by atoms with Crippen LogP contribution in [0.1, 0.15) is 5.56 Å². The lowest BCUT2D eigenvalue weighted by molar-refractivity contribution is -0.384. The van der Waals surface area contributed by atoms with E-state index in [1.54, 1.807) is 43.3 Å². The molecule has 0 radical (unpaired) electrons. The molecule has 0 spiro atoms. The van der Waals surface area contributed by atoms with Crippen molar-refractivity contribution >= 4 is 17.4 Å². The van der Waals surface area contributed by atoms with Gasteiger partial charge in [-0.2, -0.15) is 0 Å². The summed E-state index contributed by atoms with van der Waals surface area (Å²) in [6, 6.07) is 13.2. The molecule has 0 aromatic heterocycles. The molecule has 0 unspecified atom stereocenters. The molecule has 126 valence electrons. The number of non-ortho nitro benzene ring substituents is 1. The number of nitrogens with one attached hydrogen (secondary N) is 1. The average molecular weight is 329 g/mol. The van der Waals surface area contributed by atoms with Gasteiger partial charge in [-0.25, -0.2) is 4.79 Å². The minimum absolute atomic E-state index is 0.0565. The summed E-state index contributed by atoms with van der Waals surface area (Å²) in [7, 11) is 3.24. The maximum atomic E-state index is 12.2. The number of hydrogen-bond acceptors (Lipinski definition) is 4. The Bertz CT molecular complexity index is 716. The molecular formula is C17H19N3O4. The topological polar surface area (TPSA) is 84.7 Å². The molecule has 0 saturated heterocycles. The van der Waals surface area contributed by atoms with Crippen molar-refractivity contribution in [3.63, 3.8) is 0 Å². The average Bonchev–Trinajstić information content (AvgIpc) is 2.60. The summed E-state index contributed by atoms with van der Waals surface area (Å²) in [5.41, 5.74) is 1.59. The molecule has 0 aliphatic heterocycles. The molecule has 0 saturated carbocycles. The van der Waals surface area contributed by atoms with Crippen molar-refractivity contribution in [1.29, 1.82) is 0 Å². The van der Waals surface area contributed by atoms with Gasteiger partial charge in [-0.3, -0.25) is 10.1 Å². The SMILES string of the molecule is COc1ccccc1NC(=O)N(C)CCc1ccc([N+](=O)[O-])cc1. The lowest BCUT2D eigenvalue weighted by Crippen LogP contribution is -2.33. The number of nitro benzene ring substituents is 1. The van der Waals surface area contributed by atoms with E-state index in [1.165, 1.54) is 12.1 Å². The van der Waals surface area contributed by atoms with Gasteiger partial charge in [-0.05, 0) is 24.1 Å². The molecule has 24 heavy (non-hydrogen) atoms. The molecule has 0 atom stereocenters. The highest BCUT2D eigenvalue weighted by Gasteiger charge is 2.12. The Balaban J connectivity index is 1.90. The van der Waals surface area contributed by atoms with Crippen molar-refractivity contribution in [2.24, 2.45) is 0 Å². The molecule has 2 aromatic carbocycles. The summed E-state index contributed by atoms with van der Waals surface area (Å²) in [6.07, 6.45) is 0.605. The highest BCUT2D eigenvalue weighted by atomic mass is 16.6. The molecule has 0 heterocycles. The van der Waals surface area contributed by atoms with Crippen molar-refractivity contribution in [3.8, 4) is 5.75 Å². The quantitative estimate of drug-likeness (QED) is 0.651. The van der Waals surface area contributed by atoms with Crippen molar-refractivity contribution in [2.45, 2.75) is 6.42 Å². The van der Waals surface area contributed by atoms with Crippen LogP contribution in [0.25, 0.3) is 0 Å². The standard InChI is InChI=1S/C17H19N3O4/c1-19(12-11-13-7-9-14(10-8-13)20(22)23)17(21)18-15-5-3-4-6-16(15)24-2/h3-10H,11-12H2,1-2H3,(H,18,21). The minimum atomic E-state index is -0.434. The number of benzene rings is 2. The number of likely N-dealkylation sites (N-methyl/N-ethyl adjacent to an activating group) is 1. The molecule has 2 rings (SSSR count). The van der Waals surface area contributed by atoms with Gasteiger partial charge in [0, 0.05) is 25.7 Å². The van der Waals surface area contributed by atoms with Crippen molar-refractivity contribution in [1.82, 2.24) is 4.90 Å². The largest absolute Gasteiger partial charge is 0.495 e. The zero-order valence-electron chi connectivity index (χ0n) is 13.6. The van der Waals surface area contributed by atoms with Crippen molar-refractivity contribution in [3.05, 3.63) is 64.2 Å². The Labute approximate surface area is 140 Å². The fourth-order valence-electron chi connectivity index (χ4n) is 2.14. The number of hydrogen-bond donors (Lipinski definition) is 1. The lowest BCUT2D eigenvalue weighted by Gasteiger charge is -2.19. The Morgan fingerprint density at radius 1 is 1.21 bits per heavy atom. The summed E-state index contributed by atoms with van der Waals surface area (Å²) < 4.78 is 5.20. The van der Waals surface area contributed by atoms with Gasteiger partial charge in [0.25, 0.3) is 5.69 Å². The smallest absolute Gasteiger partial charge is 0.321 e. The predicted octanol–water partition coefficient (Wildman–Crippen LogP) is 3.31. The van der Waals surface area contributed by atoms with E-state index in [4.69, 9.17) is 4.74 Å². The van der Waals surface area contributed by atoms with E-state index in [0.29, 0.717) is 24.4 Å². The van der Waals surface area contributed by atoms with Crippen molar-refractivity contribution < 1.29 is 14.5 Å². The van der Waals surface area contributed by atoms with E-state index in [9.17, 15) is 14.9 Å². The second-order valence-corrected chi connectivity index (χ2v) is 5.23. The number of ether oxygens (including phenoxy) is 1. The third kappa shape index (κ3) is 4.45. The third-order valence-corrected chi connectivity index (χ3v) is 3.58. The number of amides is 2. The Kier molecular flexibility index (Phi) is 5.73. The number of carbonyl (C=O) groups excluding carboxylic acids is 1. The second kappa shape index (κ2) is 7.96. The van der Waals surface area contributed by atoms with Crippen LogP contribution in [0.5, 0.6) is 5.75 Å². The first-order valence-electron chi connectivity index (χ1n) is 7.39. The number of methoxy groups -OCH3 is 1.